The lowest BCUT2D eigenvalue weighted by molar-refractivity contribution is -0.134. The van der Waals surface area contributed by atoms with Crippen molar-refractivity contribution >= 4 is 5.97 Å². The van der Waals surface area contributed by atoms with Crippen molar-refractivity contribution in [2.24, 2.45) is 0 Å². The number of carboxylic acids is 1. The van der Waals surface area contributed by atoms with E-state index in [9.17, 15) is 8.78 Å². The van der Waals surface area contributed by atoms with Gasteiger partial charge in [-0.25, -0.2) is 0 Å². The molecule has 0 amide bonds. The number of hydrogen-bond donors (Lipinski definition) is 1. The number of carbonyl (C=O) groups is 1. The molecule has 1 aromatic rings. The van der Waals surface area contributed by atoms with Crippen molar-refractivity contribution in [2.45, 2.75) is 19.8 Å². The fourth-order valence-electron chi connectivity index (χ4n) is 0.622. The van der Waals surface area contributed by atoms with Crippen LogP contribution in [0.15, 0.2) is 24.4 Å². The molecule has 3 nitrogen and oxygen atoms in total. The van der Waals surface area contributed by atoms with Crippen LogP contribution in [-0.4, -0.2) is 16.1 Å². The Morgan fingerprint density at radius 2 is 2.00 bits per heavy atom. The Labute approximate surface area is 80.4 Å². The maximum atomic E-state index is 12.4. The van der Waals surface area contributed by atoms with Gasteiger partial charge in [-0.2, -0.15) is 8.78 Å². The molecule has 0 radical (unpaired) electrons. The van der Waals surface area contributed by atoms with Gasteiger partial charge in [0.25, 0.3) is 11.9 Å². The highest BCUT2D eigenvalue weighted by Gasteiger charge is 2.24. The van der Waals surface area contributed by atoms with Crippen LogP contribution in [0.4, 0.5) is 8.78 Å². The summed E-state index contributed by atoms with van der Waals surface area (Å²) in [5.41, 5.74) is -0.185. The van der Waals surface area contributed by atoms with E-state index < -0.39 is 11.9 Å². The van der Waals surface area contributed by atoms with Gasteiger partial charge in [0, 0.05) is 20.0 Å². The SMILES string of the molecule is CC(=O)O.CC(F)(F)c1ccccn1. The molecule has 0 spiro atoms. The first kappa shape index (κ1) is 12.5. The van der Waals surface area contributed by atoms with Crippen molar-refractivity contribution in [3.05, 3.63) is 30.1 Å². The lowest BCUT2D eigenvalue weighted by Gasteiger charge is -2.07. The number of rotatable bonds is 1. The number of nitrogens with zero attached hydrogens (tertiary/aromatic N) is 1. The lowest BCUT2D eigenvalue weighted by atomic mass is 10.2. The highest BCUT2D eigenvalue weighted by molar-refractivity contribution is 5.62. The first-order valence-electron chi connectivity index (χ1n) is 3.83. The summed E-state index contributed by atoms with van der Waals surface area (Å²) in [6.45, 7) is 1.91. The van der Waals surface area contributed by atoms with E-state index in [-0.39, 0.29) is 5.69 Å². The second kappa shape index (κ2) is 5.26. The lowest BCUT2D eigenvalue weighted by Crippen LogP contribution is -2.08. The van der Waals surface area contributed by atoms with E-state index in [1.165, 1.54) is 12.3 Å². The number of alkyl halides is 2. The fraction of sp³-hybridized carbons (Fsp3) is 0.333. The number of aromatic nitrogens is 1. The van der Waals surface area contributed by atoms with Gasteiger partial charge in [-0.3, -0.25) is 9.78 Å². The molecule has 0 aliphatic heterocycles. The molecule has 0 bridgehead atoms. The van der Waals surface area contributed by atoms with E-state index in [4.69, 9.17) is 9.90 Å². The van der Waals surface area contributed by atoms with Crippen LogP contribution in [-0.2, 0) is 10.7 Å². The van der Waals surface area contributed by atoms with Gasteiger partial charge in [-0.15, -0.1) is 0 Å². The van der Waals surface area contributed by atoms with Crippen molar-refractivity contribution in [3.8, 4) is 0 Å². The minimum Gasteiger partial charge on any atom is -0.481 e. The number of aliphatic carboxylic acids is 1. The smallest absolute Gasteiger partial charge is 0.300 e. The van der Waals surface area contributed by atoms with Gasteiger partial charge in [0.05, 0.1) is 0 Å². The van der Waals surface area contributed by atoms with E-state index in [1.54, 1.807) is 12.1 Å². The van der Waals surface area contributed by atoms with Crippen LogP contribution in [0, 0.1) is 0 Å². The van der Waals surface area contributed by atoms with Crippen LogP contribution >= 0.6 is 0 Å². The molecule has 0 aliphatic carbocycles. The number of carboxylic acid groups (broad SMARTS) is 1. The van der Waals surface area contributed by atoms with E-state index in [2.05, 4.69) is 4.98 Å². The molecule has 1 N–H and O–H groups in total. The monoisotopic (exact) mass is 203 g/mol. The van der Waals surface area contributed by atoms with Crippen LogP contribution in [0.1, 0.15) is 19.5 Å². The topological polar surface area (TPSA) is 50.2 Å². The second-order valence-electron chi connectivity index (χ2n) is 2.62. The van der Waals surface area contributed by atoms with E-state index in [0.717, 1.165) is 13.8 Å². The third kappa shape index (κ3) is 6.05. The molecule has 0 aromatic carbocycles. The molecule has 1 aromatic heterocycles. The molecule has 14 heavy (non-hydrogen) atoms. The van der Waals surface area contributed by atoms with E-state index >= 15 is 0 Å². The number of hydrogen-bond acceptors (Lipinski definition) is 2. The summed E-state index contributed by atoms with van der Waals surface area (Å²) in [6, 6.07) is 4.45. The maximum Gasteiger partial charge on any atom is 0.300 e. The molecule has 0 fully saturated rings. The fourth-order valence-corrected chi connectivity index (χ4v) is 0.622. The summed E-state index contributed by atoms with van der Waals surface area (Å²) in [5.74, 6) is -3.65. The molecule has 78 valence electrons. The normalized spacial score (nSPS) is 10.0. The van der Waals surface area contributed by atoms with Gasteiger partial charge in [0.2, 0.25) is 0 Å². The van der Waals surface area contributed by atoms with Gasteiger partial charge < -0.3 is 5.11 Å². The Morgan fingerprint density at radius 3 is 2.21 bits per heavy atom. The zero-order chi connectivity index (χ0) is 11.2. The predicted octanol–water partition coefficient (Wildman–Crippen LogP) is 2.28. The van der Waals surface area contributed by atoms with Crippen molar-refractivity contribution in [3.63, 3.8) is 0 Å². The third-order valence-corrected chi connectivity index (χ3v) is 1.11. The van der Waals surface area contributed by atoms with Gasteiger partial charge in [0.15, 0.2) is 0 Å². The molecule has 0 saturated heterocycles. The average molecular weight is 203 g/mol. The van der Waals surface area contributed by atoms with Crippen molar-refractivity contribution in [1.29, 1.82) is 0 Å². The van der Waals surface area contributed by atoms with Crippen molar-refractivity contribution < 1.29 is 18.7 Å². The van der Waals surface area contributed by atoms with Gasteiger partial charge >= 0.3 is 0 Å². The zero-order valence-corrected chi connectivity index (χ0v) is 7.87. The predicted molar refractivity (Wildman–Crippen MR) is 47.1 cm³/mol. The van der Waals surface area contributed by atoms with Crippen molar-refractivity contribution in [2.75, 3.05) is 0 Å². The van der Waals surface area contributed by atoms with Gasteiger partial charge in [0.1, 0.15) is 5.69 Å². The molecule has 0 atom stereocenters. The number of halogens is 2. The molecule has 0 unspecified atom stereocenters. The van der Waals surface area contributed by atoms with Gasteiger partial charge in [-0.05, 0) is 12.1 Å². The molecule has 0 saturated carbocycles. The summed E-state index contributed by atoms with van der Waals surface area (Å²) < 4.78 is 24.8. The Kier molecular flexibility index (Phi) is 4.69. The molecule has 0 aliphatic rings. The Morgan fingerprint density at radius 1 is 1.50 bits per heavy atom. The second-order valence-corrected chi connectivity index (χ2v) is 2.62. The van der Waals surface area contributed by atoms with Crippen LogP contribution in [0.5, 0.6) is 0 Å². The Balaban J connectivity index is 0.000000364. The van der Waals surface area contributed by atoms with Crippen LogP contribution in [0.3, 0.4) is 0 Å². The third-order valence-electron chi connectivity index (χ3n) is 1.11. The maximum absolute atomic E-state index is 12.4. The molecule has 5 heteroatoms. The highest BCUT2D eigenvalue weighted by atomic mass is 19.3. The van der Waals surface area contributed by atoms with E-state index in [0.29, 0.717) is 0 Å². The molecular formula is C9H11F2NO2. The molecular weight excluding hydrogens is 192 g/mol. The van der Waals surface area contributed by atoms with Gasteiger partial charge in [-0.1, -0.05) is 6.07 Å². The number of pyridine rings is 1. The van der Waals surface area contributed by atoms with Crippen LogP contribution in [0.2, 0.25) is 0 Å². The summed E-state index contributed by atoms with van der Waals surface area (Å²) in [6.07, 6.45) is 1.35. The summed E-state index contributed by atoms with van der Waals surface area (Å²) in [5, 5.41) is 7.42. The summed E-state index contributed by atoms with van der Waals surface area (Å²) >= 11 is 0. The van der Waals surface area contributed by atoms with Crippen LogP contribution in [0.25, 0.3) is 0 Å². The first-order valence-corrected chi connectivity index (χ1v) is 3.83. The van der Waals surface area contributed by atoms with Crippen molar-refractivity contribution in [1.82, 2.24) is 4.98 Å². The van der Waals surface area contributed by atoms with Crippen LogP contribution < -0.4 is 0 Å². The minimum absolute atomic E-state index is 0.185. The Hall–Kier alpha value is -1.52. The standard InChI is InChI=1S/C7H7F2N.C2H4O2/c1-7(8,9)6-4-2-3-5-10-6;1-2(3)4/h2-5H,1H3;1H3,(H,3,4). The highest BCUT2D eigenvalue weighted by Crippen LogP contribution is 2.23. The quantitative estimate of drug-likeness (QED) is 0.761. The van der Waals surface area contributed by atoms with E-state index in [1.807, 2.05) is 0 Å². The zero-order valence-electron chi connectivity index (χ0n) is 7.87. The minimum atomic E-state index is -2.82. The molecule has 1 heterocycles. The summed E-state index contributed by atoms with van der Waals surface area (Å²) in [4.78, 5) is 12.5. The molecule has 1 rings (SSSR count). The average Bonchev–Trinajstić information content (AvgIpc) is 2.03. The Bertz CT molecular complexity index is 279. The largest absolute Gasteiger partial charge is 0.481 e. The summed E-state index contributed by atoms with van der Waals surface area (Å²) in [7, 11) is 0. The first-order chi connectivity index (χ1) is 6.34.